The summed E-state index contributed by atoms with van der Waals surface area (Å²) in [4.78, 5) is 24.7. The molecule has 7 nitrogen and oxygen atoms in total. The van der Waals surface area contributed by atoms with Crippen molar-refractivity contribution in [3.05, 3.63) is 70.7 Å². The highest BCUT2D eigenvalue weighted by Crippen LogP contribution is 2.26. The number of unbranched alkanes of at least 4 members (excludes halogenated alkanes) is 3. The van der Waals surface area contributed by atoms with Crippen LogP contribution in [-0.4, -0.2) is 30.1 Å². The number of carbonyl (C=O) groups excluding carboxylic acids is 2. The summed E-state index contributed by atoms with van der Waals surface area (Å²) in [6.45, 7) is 6.75. The predicted octanol–water partition coefficient (Wildman–Crippen LogP) is 4.92. The summed E-state index contributed by atoms with van der Waals surface area (Å²) in [6.07, 6.45) is 6.12. The SMILES string of the molecule is C=CCOc1ccc(C(=O)NNC(=S)NC(=O)c2ccc(OCCCCCC)c(Br)c2)cc1. The maximum Gasteiger partial charge on any atom is 0.269 e. The Bertz CT molecular complexity index is 967. The summed E-state index contributed by atoms with van der Waals surface area (Å²) < 4.78 is 11.8. The summed E-state index contributed by atoms with van der Waals surface area (Å²) in [6, 6.07) is 11.6. The number of thiocarbonyl (C=S) groups is 1. The lowest BCUT2D eigenvalue weighted by molar-refractivity contribution is 0.0934. The predicted molar refractivity (Wildman–Crippen MR) is 137 cm³/mol. The minimum Gasteiger partial charge on any atom is -0.492 e. The minimum atomic E-state index is -0.416. The van der Waals surface area contributed by atoms with Crippen molar-refractivity contribution < 1.29 is 19.1 Å². The fourth-order valence-corrected chi connectivity index (χ4v) is 3.36. The molecule has 0 aliphatic heterocycles. The third-order valence-corrected chi connectivity index (χ3v) is 5.27. The van der Waals surface area contributed by atoms with Gasteiger partial charge in [0.2, 0.25) is 0 Å². The van der Waals surface area contributed by atoms with Gasteiger partial charge in [0.1, 0.15) is 18.1 Å². The zero-order valence-corrected chi connectivity index (χ0v) is 20.9. The molecule has 9 heteroatoms. The molecule has 0 spiro atoms. The number of hydrogen-bond donors (Lipinski definition) is 3. The Morgan fingerprint density at radius 2 is 1.73 bits per heavy atom. The fourth-order valence-electron chi connectivity index (χ4n) is 2.72. The highest BCUT2D eigenvalue weighted by molar-refractivity contribution is 9.10. The molecule has 176 valence electrons. The molecule has 0 atom stereocenters. The minimum absolute atomic E-state index is 0.0355. The van der Waals surface area contributed by atoms with E-state index in [-0.39, 0.29) is 5.11 Å². The lowest BCUT2D eigenvalue weighted by Crippen LogP contribution is -2.48. The molecule has 0 saturated carbocycles. The molecule has 0 heterocycles. The van der Waals surface area contributed by atoms with Crippen molar-refractivity contribution in [1.29, 1.82) is 0 Å². The first kappa shape index (κ1) is 26.3. The highest BCUT2D eigenvalue weighted by atomic mass is 79.9. The van der Waals surface area contributed by atoms with E-state index in [9.17, 15) is 9.59 Å². The Kier molecular flexibility index (Phi) is 11.4. The van der Waals surface area contributed by atoms with Crippen molar-refractivity contribution in [1.82, 2.24) is 16.2 Å². The van der Waals surface area contributed by atoms with Gasteiger partial charge in [-0.1, -0.05) is 38.8 Å². The second-order valence-electron chi connectivity index (χ2n) is 7.04. The molecule has 33 heavy (non-hydrogen) atoms. The van der Waals surface area contributed by atoms with Crippen LogP contribution in [0.4, 0.5) is 0 Å². The zero-order chi connectivity index (χ0) is 24.1. The largest absolute Gasteiger partial charge is 0.492 e. The fraction of sp³-hybridized carbons (Fsp3) is 0.292. The van der Waals surface area contributed by atoms with E-state index in [1.165, 1.54) is 12.8 Å². The molecular formula is C24H28BrN3O4S. The van der Waals surface area contributed by atoms with Crippen LogP contribution in [0.5, 0.6) is 11.5 Å². The van der Waals surface area contributed by atoms with Crippen LogP contribution in [0.2, 0.25) is 0 Å². The number of halogens is 1. The Morgan fingerprint density at radius 3 is 2.39 bits per heavy atom. The van der Waals surface area contributed by atoms with Crippen molar-refractivity contribution >= 4 is 45.1 Å². The van der Waals surface area contributed by atoms with E-state index < -0.39 is 11.8 Å². The second kappa shape index (κ2) is 14.3. The van der Waals surface area contributed by atoms with Gasteiger partial charge in [-0.05, 0) is 77.0 Å². The Labute approximate surface area is 208 Å². The van der Waals surface area contributed by atoms with Gasteiger partial charge in [-0.2, -0.15) is 0 Å². The molecule has 0 aliphatic rings. The van der Waals surface area contributed by atoms with Crippen LogP contribution in [0, 0.1) is 0 Å². The summed E-state index contributed by atoms with van der Waals surface area (Å²) in [7, 11) is 0. The van der Waals surface area contributed by atoms with Crippen LogP contribution in [-0.2, 0) is 0 Å². The van der Waals surface area contributed by atoms with Crippen LogP contribution in [0.3, 0.4) is 0 Å². The van der Waals surface area contributed by atoms with E-state index in [0.29, 0.717) is 40.3 Å². The van der Waals surface area contributed by atoms with Gasteiger partial charge in [0, 0.05) is 11.1 Å². The van der Waals surface area contributed by atoms with E-state index in [1.807, 2.05) is 0 Å². The number of benzene rings is 2. The normalized spacial score (nSPS) is 10.1. The first-order valence-corrected chi connectivity index (χ1v) is 11.8. The summed E-state index contributed by atoms with van der Waals surface area (Å²) in [5.41, 5.74) is 5.76. The van der Waals surface area contributed by atoms with Crippen molar-refractivity contribution in [3.63, 3.8) is 0 Å². The van der Waals surface area contributed by atoms with Gasteiger partial charge >= 0.3 is 0 Å². The molecule has 0 saturated heterocycles. The van der Waals surface area contributed by atoms with Crippen LogP contribution in [0.15, 0.2) is 59.6 Å². The monoisotopic (exact) mass is 533 g/mol. The number of rotatable bonds is 11. The number of nitrogens with one attached hydrogen (secondary N) is 3. The van der Waals surface area contributed by atoms with Gasteiger partial charge in [0.25, 0.3) is 11.8 Å². The van der Waals surface area contributed by atoms with Gasteiger partial charge < -0.3 is 9.47 Å². The van der Waals surface area contributed by atoms with E-state index in [4.69, 9.17) is 21.7 Å². The Hall–Kier alpha value is -2.91. The molecule has 0 aliphatic carbocycles. The Balaban J connectivity index is 1.80. The number of hydrogen-bond acceptors (Lipinski definition) is 5. The van der Waals surface area contributed by atoms with Gasteiger partial charge in [-0.25, -0.2) is 0 Å². The van der Waals surface area contributed by atoms with Gasteiger partial charge in [0.15, 0.2) is 5.11 Å². The molecular weight excluding hydrogens is 506 g/mol. The van der Waals surface area contributed by atoms with Crippen LogP contribution in [0.1, 0.15) is 53.3 Å². The van der Waals surface area contributed by atoms with Gasteiger partial charge in [0.05, 0.1) is 11.1 Å². The summed E-state index contributed by atoms with van der Waals surface area (Å²) >= 11 is 8.53. The maximum absolute atomic E-state index is 12.5. The van der Waals surface area contributed by atoms with E-state index in [2.05, 4.69) is 45.6 Å². The molecule has 2 aromatic carbocycles. The average Bonchev–Trinajstić information content (AvgIpc) is 2.82. The van der Waals surface area contributed by atoms with Crippen molar-refractivity contribution in [3.8, 4) is 11.5 Å². The van der Waals surface area contributed by atoms with Crippen LogP contribution < -0.4 is 25.6 Å². The van der Waals surface area contributed by atoms with Crippen LogP contribution in [0.25, 0.3) is 0 Å². The summed E-state index contributed by atoms with van der Waals surface area (Å²) in [5.74, 6) is 0.476. The number of amides is 2. The number of ether oxygens (including phenoxy) is 2. The smallest absolute Gasteiger partial charge is 0.269 e. The maximum atomic E-state index is 12.5. The average molecular weight is 534 g/mol. The molecule has 3 N–H and O–H groups in total. The molecule has 2 amide bonds. The molecule has 0 fully saturated rings. The standard InChI is InChI=1S/C24H28BrN3O4S/c1-3-5-6-7-15-32-21-13-10-18(16-20(21)25)22(29)26-24(33)28-27-23(30)17-8-11-19(12-9-17)31-14-4-2/h4,8-13,16H,2-3,5-7,14-15H2,1H3,(H,27,30)(H2,26,28,29,33). The van der Waals surface area contributed by atoms with E-state index in [0.717, 1.165) is 12.8 Å². The quantitative estimate of drug-likeness (QED) is 0.164. The van der Waals surface area contributed by atoms with Gasteiger partial charge in [-0.3, -0.25) is 25.8 Å². The van der Waals surface area contributed by atoms with Crippen molar-refractivity contribution in [2.45, 2.75) is 32.6 Å². The third kappa shape index (κ3) is 9.23. The number of hydrazine groups is 1. The van der Waals surface area contributed by atoms with E-state index in [1.54, 1.807) is 48.5 Å². The van der Waals surface area contributed by atoms with Crippen molar-refractivity contribution in [2.24, 2.45) is 0 Å². The Morgan fingerprint density at radius 1 is 1.00 bits per heavy atom. The molecule has 2 rings (SSSR count). The molecule has 0 radical (unpaired) electrons. The van der Waals surface area contributed by atoms with E-state index >= 15 is 0 Å². The molecule has 0 aromatic heterocycles. The topological polar surface area (TPSA) is 88.7 Å². The summed E-state index contributed by atoms with van der Waals surface area (Å²) in [5, 5.41) is 2.49. The lowest BCUT2D eigenvalue weighted by atomic mass is 10.2. The first-order chi connectivity index (χ1) is 15.9. The van der Waals surface area contributed by atoms with Crippen LogP contribution >= 0.6 is 28.1 Å². The molecule has 0 unspecified atom stereocenters. The molecule has 0 bridgehead atoms. The second-order valence-corrected chi connectivity index (χ2v) is 8.30. The number of carbonyl (C=O) groups is 2. The van der Waals surface area contributed by atoms with Gasteiger partial charge in [-0.15, -0.1) is 0 Å². The van der Waals surface area contributed by atoms with Crippen molar-refractivity contribution in [2.75, 3.05) is 13.2 Å². The lowest BCUT2D eigenvalue weighted by Gasteiger charge is -2.12. The molecule has 2 aromatic rings. The first-order valence-electron chi connectivity index (χ1n) is 10.6. The third-order valence-electron chi connectivity index (χ3n) is 4.45. The zero-order valence-electron chi connectivity index (χ0n) is 18.5. The highest BCUT2D eigenvalue weighted by Gasteiger charge is 2.12.